The van der Waals surface area contributed by atoms with Crippen molar-refractivity contribution >= 4 is 45.5 Å². The zero-order valence-corrected chi connectivity index (χ0v) is 16.6. The van der Waals surface area contributed by atoms with Gasteiger partial charge in [-0.2, -0.15) is 0 Å². The molecule has 1 aromatic rings. The van der Waals surface area contributed by atoms with Crippen molar-refractivity contribution in [3.05, 3.63) is 47.2 Å². The molecule has 0 bridgehead atoms. The number of ether oxygens (including phenoxy) is 1. The lowest BCUT2D eigenvalue weighted by atomic mass is 10.0. The molecule has 1 N–H and O–H groups in total. The van der Waals surface area contributed by atoms with Crippen LogP contribution in [0.15, 0.2) is 41.6 Å². The van der Waals surface area contributed by atoms with E-state index in [4.69, 9.17) is 4.74 Å². The molecule has 0 aliphatic carbocycles. The highest BCUT2D eigenvalue weighted by Crippen LogP contribution is 2.40. The number of alkyl halides is 1. The molecular weight excluding hydrogens is 420 g/mol. The second-order valence-electron chi connectivity index (χ2n) is 6.07. The Morgan fingerprint density at radius 1 is 1.35 bits per heavy atom. The van der Waals surface area contributed by atoms with Gasteiger partial charge in [-0.05, 0) is 18.1 Å². The minimum absolute atomic E-state index is 0.204. The summed E-state index contributed by atoms with van der Waals surface area (Å²) in [4.78, 5) is 38.6. The van der Waals surface area contributed by atoms with Gasteiger partial charge in [0.2, 0.25) is 5.91 Å². The van der Waals surface area contributed by atoms with Gasteiger partial charge in [0.15, 0.2) is 0 Å². The SMILES string of the molecule is CC1=C(C(=O)OCCBr)N2C(=O)C(NC(=O)Cc3ccccc3)[C@H]2SC1. The minimum atomic E-state index is -0.608. The Morgan fingerprint density at radius 3 is 2.77 bits per heavy atom. The molecule has 0 saturated carbocycles. The van der Waals surface area contributed by atoms with Gasteiger partial charge in [0.25, 0.3) is 5.91 Å². The molecule has 6 nitrogen and oxygen atoms in total. The van der Waals surface area contributed by atoms with E-state index in [-0.39, 0.29) is 30.2 Å². The Balaban J connectivity index is 1.65. The predicted molar refractivity (Wildman–Crippen MR) is 103 cm³/mol. The number of carbonyl (C=O) groups excluding carboxylic acids is 3. The highest BCUT2D eigenvalue weighted by molar-refractivity contribution is 9.09. The van der Waals surface area contributed by atoms with E-state index >= 15 is 0 Å². The minimum Gasteiger partial charge on any atom is -0.460 e. The van der Waals surface area contributed by atoms with Crippen LogP contribution in [0.1, 0.15) is 12.5 Å². The molecule has 26 heavy (non-hydrogen) atoms. The van der Waals surface area contributed by atoms with Crippen LogP contribution in [0.2, 0.25) is 0 Å². The third-order valence-corrected chi connectivity index (χ3v) is 5.93. The van der Waals surface area contributed by atoms with E-state index in [2.05, 4.69) is 21.2 Å². The molecule has 2 aliphatic rings. The summed E-state index contributed by atoms with van der Waals surface area (Å²) in [5, 5.41) is 3.07. The Hall–Kier alpha value is -1.80. The van der Waals surface area contributed by atoms with Crippen molar-refractivity contribution < 1.29 is 19.1 Å². The number of fused-ring (bicyclic) bond motifs is 1. The molecule has 2 aliphatic heterocycles. The third-order valence-electron chi connectivity index (χ3n) is 4.19. The Bertz CT molecular complexity index is 753. The maximum atomic E-state index is 12.6. The number of benzene rings is 1. The van der Waals surface area contributed by atoms with Gasteiger partial charge in [0.05, 0.1) is 6.42 Å². The van der Waals surface area contributed by atoms with Crippen LogP contribution in [-0.2, 0) is 25.5 Å². The first-order chi connectivity index (χ1) is 12.5. The molecule has 2 amide bonds. The van der Waals surface area contributed by atoms with Gasteiger partial charge in [-0.15, -0.1) is 11.8 Å². The Morgan fingerprint density at radius 2 is 2.08 bits per heavy atom. The maximum Gasteiger partial charge on any atom is 0.355 e. The van der Waals surface area contributed by atoms with E-state index in [1.807, 2.05) is 37.3 Å². The lowest BCUT2D eigenvalue weighted by Gasteiger charge is -2.49. The predicted octanol–water partition coefficient (Wildman–Crippen LogP) is 1.84. The van der Waals surface area contributed by atoms with Gasteiger partial charge < -0.3 is 10.1 Å². The lowest BCUT2D eigenvalue weighted by molar-refractivity contribution is -0.152. The summed E-state index contributed by atoms with van der Waals surface area (Å²) in [5.74, 6) is -0.342. The third kappa shape index (κ3) is 3.81. The number of hydrogen-bond donors (Lipinski definition) is 1. The van der Waals surface area contributed by atoms with E-state index in [9.17, 15) is 14.4 Å². The van der Waals surface area contributed by atoms with Crippen LogP contribution in [0.4, 0.5) is 0 Å². The topological polar surface area (TPSA) is 75.7 Å². The summed E-state index contributed by atoms with van der Waals surface area (Å²) in [6.45, 7) is 2.06. The van der Waals surface area contributed by atoms with Crippen molar-refractivity contribution in [2.75, 3.05) is 17.7 Å². The second kappa shape index (κ2) is 8.26. The van der Waals surface area contributed by atoms with Crippen LogP contribution in [0.5, 0.6) is 0 Å². The number of amides is 2. The van der Waals surface area contributed by atoms with Gasteiger partial charge in [-0.1, -0.05) is 46.3 Å². The van der Waals surface area contributed by atoms with Crippen LogP contribution in [0.3, 0.4) is 0 Å². The maximum absolute atomic E-state index is 12.6. The summed E-state index contributed by atoms with van der Waals surface area (Å²) in [6, 6.07) is 8.76. The molecule has 1 fully saturated rings. The molecule has 1 aromatic carbocycles. The van der Waals surface area contributed by atoms with E-state index in [1.54, 1.807) is 11.8 Å². The summed E-state index contributed by atoms with van der Waals surface area (Å²) >= 11 is 4.75. The molecule has 138 valence electrons. The normalized spacial score (nSPS) is 21.8. The average Bonchev–Trinajstić information content (AvgIpc) is 2.64. The molecule has 0 aromatic heterocycles. The molecule has 2 atom stereocenters. The number of nitrogens with one attached hydrogen (secondary N) is 1. The zero-order valence-electron chi connectivity index (χ0n) is 14.2. The van der Waals surface area contributed by atoms with E-state index in [1.165, 1.54) is 4.90 Å². The summed E-state index contributed by atoms with van der Waals surface area (Å²) in [7, 11) is 0. The van der Waals surface area contributed by atoms with Gasteiger partial charge in [-0.25, -0.2) is 4.79 Å². The summed E-state index contributed by atoms with van der Waals surface area (Å²) in [6.07, 6.45) is 0.219. The first-order valence-electron chi connectivity index (χ1n) is 8.23. The van der Waals surface area contributed by atoms with Crippen molar-refractivity contribution in [3.8, 4) is 0 Å². The number of halogens is 1. The number of nitrogens with zero attached hydrogens (tertiary/aromatic N) is 1. The number of rotatable bonds is 6. The number of carbonyl (C=O) groups is 3. The van der Waals surface area contributed by atoms with Crippen LogP contribution in [0.25, 0.3) is 0 Å². The average molecular weight is 439 g/mol. The molecule has 2 heterocycles. The van der Waals surface area contributed by atoms with Gasteiger partial charge >= 0.3 is 5.97 Å². The van der Waals surface area contributed by atoms with E-state index in [0.29, 0.717) is 16.8 Å². The Kier molecular flexibility index (Phi) is 6.03. The van der Waals surface area contributed by atoms with Gasteiger partial charge in [0.1, 0.15) is 23.7 Å². The number of hydrogen-bond acceptors (Lipinski definition) is 5. The number of β-lactam (4-membered cyclic amide) rings is 1. The fourth-order valence-corrected chi connectivity index (χ4v) is 4.42. The molecule has 1 unspecified atom stereocenters. The van der Waals surface area contributed by atoms with Crippen LogP contribution in [0, 0.1) is 0 Å². The fourth-order valence-electron chi connectivity index (χ4n) is 2.97. The highest BCUT2D eigenvalue weighted by atomic mass is 79.9. The van der Waals surface area contributed by atoms with Crippen molar-refractivity contribution in [3.63, 3.8) is 0 Å². The van der Waals surface area contributed by atoms with Crippen molar-refractivity contribution in [1.82, 2.24) is 10.2 Å². The number of thioether (sulfide) groups is 1. The van der Waals surface area contributed by atoms with Crippen LogP contribution in [-0.4, -0.2) is 51.8 Å². The molecule has 8 heteroatoms. The highest BCUT2D eigenvalue weighted by Gasteiger charge is 2.53. The van der Waals surface area contributed by atoms with E-state index in [0.717, 1.165) is 11.1 Å². The van der Waals surface area contributed by atoms with E-state index < -0.39 is 12.0 Å². The molecular formula is C18H19BrN2O4S. The first kappa shape index (κ1) is 19.0. The quantitative estimate of drug-likeness (QED) is 0.416. The van der Waals surface area contributed by atoms with Crippen molar-refractivity contribution in [2.45, 2.75) is 24.8 Å². The second-order valence-corrected chi connectivity index (χ2v) is 7.97. The lowest BCUT2D eigenvalue weighted by Crippen LogP contribution is -2.70. The zero-order chi connectivity index (χ0) is 18.7. The first-order valence-corrected chi connectivity index (χ1v) is 10.4. The standard InChI is InChI=1S/C18H19BrN2O4S/c1-11-10-26-17-14(20-13(22)9-12-5-3-2-4-6-12)16(23)21(17)15(11)18(24)25-8-7-19/h2-6,14,17H,7-10H2,1H3,(H,20,22)/t14?,17-/m1/s1. The summed E-state index contributed by atoms with van der Waals surface area (Å²) in [5.41, 5.74) is 2.01. The van der Waals surface area contributed by atoms with Crippen LogP contribution >= 0.6 is 27.7 Å². The van der Waals surface area contributed by atoms with Crippen molar-refractivity contribution in [1.29, 1.82) is 0 Å². The van der Waals surface area contributed by atoms with Gasteiger partial charge in [-0.3, -0.25) is 14.5 Å². The Labute approximate surface area is 164 Å². The fraction of sp³-hybridized carbons (Fsp3) is 0.389. The smallest absolute Gasteiger partial charge is 0.355 e. The molecule has 3 rings (SSSR count). The summed E-state index contributed by atoms with van der Waals surface area (Å²) < 4.78 is 5.16. The molecule has 1 saturated heterocycles. The van der Waals surface area contributed by atoms with Gasteiger partial charge in [0, 0.05) is 11.1 Å². The number of esters is 1. The largest absolute Gasteiger partial charge is 0.460 e. The van der Waals surface area contributed by atoms with Crippen LogP contribution < -0.4 is 5.32 Å². The molecule has 0 radical (unpaired) electrons. The molecule has 0 spiro atoms. The monoisotopic (exact) mass is 438 g/mol. The van der Waals surface area contributed by atoms with Crippen molar-refractivity contribution in [2.24, 2.45) is 0 Å².